The maximum atomic E-state index is 12.9. The van der Waals surface area contributed by atoms with Crippen LogP contribution in [0.2, 0.25) is 0 Å². The summed E-state index contributed by atoms with van der Waals surface area (Å²) < 4.78 is 39.2. The molecule has 0 unspecified atom stereocenters. The van der Waals surface area contributed by atoms with E-state index in [4.69, 9.17) is 0 Å². The first kappa shape index (κ1) is 21.8. The highest BCUT2D eigenvalue weighted by atomic mass is 32.2. The second-order valence-electron chi connectivity index (χ2n) is 6.32. The molecular weight excluding hydrogens is 379 g/mol. The molecule has 0 heterocycles. The van der Waals surface area contributed by atoms with Gasteiger partial charge in [-0.15, -0.1) is 0 Å². The topological polar surface area (TPSA) is 66.5 Å². The molecule has 1 amide bonds. The molecule has 1 N–H and O–H groups in total. The molecule has 0 saturated heterocycles. The predicted octanol–water partition coefficient (Wildman–Crippen LogP) is 3.20. The molecule has 28 heavy (non-hydrogen) atoms. The van der Waals surface area contributed by atoms with Crippen LogP contribution < -0.4 is 5.32 Å². The minimum Gasteiger partial charge on any atom is -0.355 e. The Hall–Kier alpha value is -2.51. The monoisotopic (exact) mass is 404 g/mol. The molecule has 0 fully saturated rings. The van der Waals surface area contributed by atoms with E-state index < -0.39 is 10.0 Å². The van der Waals surface area contributed by atoms with E-state index in [0.717, 1.165) is 16.5 Å². The van der Waals surface area contributed by atoms with Crippen LogP contribution in [0.1, 0.15) is 24.5 Å². The van der Waals surface area contributed by atoms with Crippen molar-refractivity contribution in [2.24, 2.45) is 0 Å². The molecule has 0 spiro atoms. The number of rotatable bonds is 10. The molecule has 0 aromatic heterocycles. The fraction of sp³-hybridized carbons (Fsp3) is 0.286. The van der Waals surface area contributed by atoms with Crippen molar-refractivity contribution in [1.82, 2.24) is 9.62 Å². The van der Waals surface area contributed by atoms with Crippen LogP contribution in [-0.2, 0) is 21.2 Å². The fourth-order valence-electron chi connectivity index (χ4n) is 2.57. The summed E-state index contributed by atoms with van der Waals surface area (Å²) in [7, 11) is -3.71. The van der Waals surface area contributed by atoms with Crippen molar-refractivity contribution in [2.45, 2.75) is 19.8 Å². The molecule has 0 radical (unpaired) electrons. The standard InChI is InChI=1S/C21H25FN2O3S/c1-2-15-24(28(26,27)16-13-18-6-4-3-5-7-18)17-21(25)23-14-12-19-8-10-20(22)11-9-19/h3-11,13,16H,2,12,14-15,17H2,1H3,(H,23,25)/b16-13+. The van der Waals surface area contributed by atoms with E-state index in [2.05, 4.69) is 5.32 Å². The number of carbonyl (C=O) groups excluding carboxylic acids is 1. The van der Waals surface area contributed by atoms with Crippen LogP contribution in [0.5, 0.6) is 0 Å². The molecule has 0 atom stereocenters. The van der Waals surface area contributed by atoms with Crippen LogP contribution in [0.15, 0.2) is 60.0 Å². The predicted molar refractivity (Wildman–Crippen MR) is 109 cm³/mol. The molecule has 150 valence electrons. The Morgan fingerprint density at radius 2 is 1.79 bits per heavy atom. The fourth-order valence-corrected chi connectivity index (χ4v) is 3.81. The van der Waals surface area contributed by atoms with E-state index in [1.807, 2.05) is 25.1 Å². The van der Waals surface area contributed by atoms with Crippen LogP contribution in [-0.4, -0.2) is 38.3 Å². The highest BCUT2D eigenvalue weighted by molar-refractivity contribution is 7.92. The molecule has 2 rings (SSSR count). The Morgan fingerprint density at radius 3 is 2.43 bits per heavy atom. The van der Waals surface area contributed by atoms with E-state index in [9.17, 15) is 17.6 Å². The summed E-state index contributed by atoms with van der Waals surface area (Å²) in [4.78, 5) is 12.2. The first-order valence-electron chi connectivity index (χ1n) is 9.15. The number of carbonyl (C=O) groups is 1. The van der Waals surface area contributed by atoms with Gasteiger partial charge in [0, 0.05) is 18.5 Å². The van der Waals surface area contributed by atoms with E-state index in [-0.39, 0.29) is 24.8 Å². The third kappa shape index (κ3) is 7.25. The summed E-state index contributed by atoms with van der Waals surface area (Å²) in [6.45, 7) is 2.23. The van der Waals surface area contributed by atoms with Crippen molar-refractivity contribution >= 4 is 22.0 Å². The number of halogens is 1. The first-order valence-corrected chi connectivity index (χ1v) is 10.7. The van der Waals surface area contributed by atoms with Crippen LogP contribution >= 0.6 is 0 Å². The van der Waals surface area contributed by atoms with Gasteiger partial charge in [-0.1, -0.05) is 49.4 Å². The lowest BCUT2D eigenvalue weighted by molar-refractivity contribution is -0.121. The van der Waals surface area contributed by atoms with E-state index in [0.29, 0.717) is 19.4 Å². The second-order valence-corrected chi connectivity index (χ2v) is 8.14. The van der Waals surface area contributed by atoms with Gasteiger partial charge in [0.25, 0.3) is 0 Å². The quantitative estimate of drug-likeness (QED) is 0.661. The van der Waals surface area contributed by atoms with Gasteiger partial charge in [-0.3, -0.25) is 4.79 Å². The molecule has 5 nitrogen and oxygen atoms in total. The summed E-state index contributed by atoms with van der Waals surface area (Å²) >= 11 is 0. The van der Waals surface area contributed by atoms with Gasteiger partial charge in [0.05, 0.1) is 6.54 Å². The average molecular weight is 405 g/mol. The lowest BCUT2D eigenvalue weighted by Gasteiger charge is -2.19. The molecular formula is C21H25FN2O3S. The second kappa shape index (κ2) is 10.7. The number of nitrogens with one attached hydrogen (secondary N) is 1. The Labute approximate surface area is 165 Å². The van der Waals surface area contributed by atoms with Gasteiger partial charge in [-0.25, -0.2) is 12.8 Å². The number of benzene rings is 2. The van der Waals surface area contributed by atoms with Gasteiger partial charge in [-0.05, 0) is 42.2 Å². The maximum Gasteiger partial charge on any atom is 0.236 e. The van der Waals surface area contributed by atoms with Crippen LogP contribution in [0.3, 0.4) is 0 Å². The van der Waals surface area contributed by atoms with E-state index in [1.165, 1.54) is 22.5 Å². The van der Waals surface area contributed by atoms with Gasteiger partial charge in [-0.2, -0.15) is 4.31 Å². The smallest absolute Gasteiger partial charge is 0.236 e. The summed E-state index contributed by atoms with van der Waals surface area (Å²) in [5.74, 6) is -0.677. The van der Waals surface area contributed by atoms with E-state index >= 15 is 0 Å². The molecule has 0 saturated carbocycles. The minimum atomic E-state index is -3.71. The van der Waals surface area contributed by atoms with Gasteiger partial charge in [0.15, 0.2) is 0 Å². The lowest BCUT2D eigenvalue weighted by Crippen LogP contribution is -2.40. The summed E-state index contributed by atoms with van der Waals surface area (Å²) in [6.07, 6.45) is 2.66. The van der Waals surface area contributed by atoms with Gasteiger partial charge in [0.2, 0.25) is 15.9 Å². The lowest BCUT2D eigenvalue weighted by atomic mass is 10.1. The van der Waals surface area contributed by atoms with Crippen LogP contribution in [0, 0.1) is 5.82 Å². The molecule has 0 bridgehead atoms. The maximum absolute atomic E-state index is 12.9. The third-order valence-electron chi connectivity index (χ3n) is 4.03. The zero-order valence-corrected chi connectivity index (χ0v) is 16.7. The normalized spacial score (nSPS) is 11.8. The van der Waals surface area contributed by atoms with Crippen molar-refractivity contribution in [3.63, 3.8) is 0 Å². The molecule has 0 aliphatic heterocycles. The highest BCUT2D eigenvalue weighted by Crippen LogP contribution is 2.09. The van der Waals surface area contributed by atoms with Gasteiger partial charge >= 0.3 is 0 Å². The molecule has 7 heteroatoms. The van der Waals surface area contributed by atoms with Gasteiger partial charge in [0.1, 0.15) is 5.82 Å². The van der Waals surface area contributed by atoms with Crippen molar-refractivity contribution in [3.8, 4) is 0 Å². The third-order valence-corrected chi connectivity index (χ3v) is 5.55. The first-order chi connectivity index (χ1) is 13.4. The molecule has 2 aromatic carbocycles. The summed E-state index contributed by atoms with van der Waals surface area (Å²) in [5, 5.41) is 3.85. The van der Waals surface area contributed by atoms with E-state index in [1.54, 1.807) is 24.3 Å². The SMILES string of the molecule is CCCN(CC(=O)NCCc1ccc(F)cc1)S(=O)(=O)/C=C/c1ccccc1. The average Bonchev–Trinajstić information content (AvgIpc) is 2.68. The highest BCUT2D eigenvalue weighted by Gasteiger charge is 2.21. The van der Waals surface area contributed by atoms with Crippen molar-refractivity contribution in [2.75, 3.05) is 19.6 Å². The van der Waals surface area contributed by atoms with Crippen LogP contribution in [0.4, 0.5) is 4.39 Å². The van der Waals surface area contributed by atoms with Gasteiger partial charge < -0.3 is 5.32 Å². The minimum absolute atomic E-state index is 0.237. The Kier molecular flexibility index (Phi) is 8.35. The largest absolute Gasteiger partial charge is 0.355 e. The molecule has 0 aliphatic carbocycles. The van der Waals surface area contributed by atoms with Crippen molar-refractivity contribution in [1.29, 1.82) is 0 Å². The number of nitrogens with zero attached hydrogens (tertiary/aromatic N) is 1. The van der Waals surface area contributed by atoms with Crippen LogP contribution in [0.25, 0.3) is 6.08 Å². The summed E-state index contributed by atoms with van der Waals surface area (Å²) in [5.41, 5.74) is 1.66. The van der Waals surface area contributed by atoms with Crippen molar-refractivity contribution < 1.29 is 17.6 Å². The number of amides is 1. The molecule has 0 aliphatic rings. The van der Waals surface area contributed by atoms with Crippen molar-refractivity contribution in [3.05, 3.63) is 76.9 Å². The zero-order valence-electron chi connectivity index (χ0n) is 15.8. The number of hydrogen-bond donors (Lipinski definition) is 1. The Bertz CT molecular complexity index is 882. The number of hydrogen-bond acceptors (Lipinski definition) is 3. The summed E-state index contributed by atoms with van der Waals surface area (Å²) in [6, 6.07) is 15.2. The number of sulfonamides is 1. The Morgan fingerprint density at radius 1 is 1.11 bits per heavy atom. The zero-order chi connectivity index (χ0) is 20.4. The molecule has 2 aromatic rings. The Balaban J connectivity index is 1.91.